The maximum Gasteiger partial charge on any atom is 0.257 e. The second-order valence-corrected chi connectivity index (χ2v) is 6.70. The molecule has 2 aromatic carbocycles. The minimum absolute atomic E-state index is 0.000258. The minimum atomic E-state index is -0.000258. The molecular weight excluding hydrogens is 348 g/mol. The van der Waals surface area contributed by atoms with Gasteiger partial charge in [-0.15, -0.1) is 0 Å². The molecule has 0 saturated heterocycles. The summed E-state index contributed by atoms with van der Waals surface area (Å²) in [5.74, 6) is 0.610. The van der Waals surface area contributed by atoms with Crippen LogP contribution in [0, 0.1) is 0 Å². The van der Waals surface area contributed by atoms with Gasteiger partial charge >= 0.3 is 0 Å². The molecule has 26 heavy (non-hydrogen) atoms. The van der Waals surface area contributed by atoms with E-state index < -0.39 is 0 Å². The molecule has 5 heteroatoms. The Bertz CT molecular complexity index is 1010. The second-order valence-electron chi connectivity index (χ2n) is 6.30. The summed E-state index contributed by atoms with van der Waals surface area (Å²) in [7, 11) is 1.59. The number of rotatable bonds is 3. The molecular formula is C21H19ClN2O2. The van der Waals surface area contributed by atoms with Crippen LogP contribution in [-0.4, -0.2) is 36.0 Å². The lowest BCUT2D eigenvalue weighted by Gasteiger charge is -2.27. The van der Waals surface area contributed by atoms with Crippen molar-refractivity contribution in [2.75, 3.05) is 20.2 Å². The van der Waals surface area contributed by atoms with Crippen LogP contribution in [0.15, 0.2) is 54.7 Å². The Morgan fingerprint density at radius 2 is 2.04 bits per heavy atom. The highest BCUT2D eigenvalue weighted by molar-refractivity contribution is 6.35. The van der Waals surface area contributed by atoms with Crippen LogP contribution in [-0.2, 0) is 0 Å². The average molecular weight is 367 g/mol. The summed E-state index contributed by atoms with van der Waals surface area (Å²) in [5.41, 5.74) is 3.96. The zero-order chi connectivity index (χ0) is 18.1. The molecule has 132 valence electrons. The Balaban J connectivity index is 1.58. The molecule has 0 aliphatic carbocycles. The summed E-state index contributed by atoms with van der Waals surface area (Å²) >= 11 is 6.25. The molecule has 3 aromatic rings. The molecule has 0 saturated carbocycles. The molecule has 0 fully saturated rings. The number of benzene rings is 2. The van der Waals surface area contributed by atoms with Gasteiger partial charge in [-0.1, -0.05) is 41.9 Å². The van der Waals surface area contributed by atoms with Crippen molar-refractivity contribution in [2.45, 2.75) is 6.42 Å². The van der Waals surface area contributed by atoms with Crippen LogP contribution >= 0.6 is 11.6 Å². The molecule has 0 atom stereocenters. The van der Waals surface area contributed by atoms with Crippen molar-refractivity contribution >= 4 is 34.0 Å². The van der Waals surface area contributed by atoms with Crippen molar-refractivity contribution in [3.63, 3.8) is 0 Å². The van der Waals surface area contributed by atoms with E-state index in [4.69, 9.17) is 16.3 Å². The van der Waals surface area contributed by atoms with Crippen LogP contribution < -0.4 is 4.74 Å². The number of H-pyrrole nitrogens is 1. The van der Waals surface area contributed by atoms with Crippen molar-refractivity contribution < 1.29 is 9.53 Å². The lowest BCUT2D eigenvalue weighted by atomic mass is 9.98. The molecule has 0 radical (unpaired) electrons. The summed E-state index contributed by atoms with van der Waals surface area (Å²) < 4.78 is 5.32. The van der Waals surface area contributed by atoms with Crippen molar-refractivity contribution in [1.82, 2.24) is 9.88 Å². The van der Waals surface area contributed by atoms with Gasteiger partial charge in [0.15, 0.2) is 0 Å². The van der Waals surface area contributed by atoms with Crippen LogP contribution in [0.1, 0.15) is 22.3 Å². The highest BCUT2D eigenvalue weighted by Gasteiger charge is 2.22. The Hall–Kier alpha value is -2.72. The normalized spacial score (nSPS) is 14.4. The molecule has 0 unspecified atom stereocenters. The number of ether oxygens (including phenoxy) is 1. The van der Waals surface area contributed by atoms with Crippen LogP contribution in [0.25, 0.3) is 16.5 Å². The number of methoxy groups -OCH3 is 1. The van der Waals surface area contributed by atoms with Gasteiger partial charge in [0.2, 0.25) is 0 Å². The van der Waals surface area contributed by atoms with Crippen molar-refractivity contribution in [2.24, 2.45) is 0 Å². The zero-order valence-corrected chi connectivity index (χ0v) is 15.2. The second kappa shape index (κ2) is 6.89. The number of carbonyl (C=O) groups excluding carboxylic acids is 1. The molecule has 0 spiro atoms. The molecule has 4 rings (SSSR count). The first-order valence-electron chi connectivity index (χ1n) is 8.56. The van der Waals surface area contributed by atoms with Gasteiger partial charge in [-0.3, -0.25) is 4.79 Å². The predicted molar refractivity (Wildman–Crippen MR) is 105 cm³/mol. The number of hydrogen-bond donors (Lipinski definition) is 1. The molecule has 1 amide bonds. The molecule has 4 nitrogen and oxygen atoms in total. The molecule has 1 aromatic heterocycles. The summed E-state index contributed by atoms with van der Waals surface area (Å²) in [6.07, 6.45) is 4.93. The fourth-order valence-corrected chi connectivity index (χ4v) is 3.70. The summed E-state index contributed by atoms with van der Waals surface area (Å²) in [6.45, 7) is 1.26. The Morgan fingerprint density at radius 1 is 1.19 bits per heavy atom. The molecule has 1 aliphatic rings. The highest BCUT2D eigenvalue weighted by Crippen LogP contribution is 2.32. The smallest absolute Gasteiger partial charge is 0.257 e. The van der Waals surface area contributed by atoms with Crippen molar-refractivity contribution in [1.29, 1.82) is 0 Å². The Kier molecular flexibility index (Phi) is 4.43. The summed E-state index contributed by atoms with van der Waals surface area (Å²) in [5, 5.41) is 1.84. The third-order valence-electron chi connectivity index (χ3n) is 4.84. The number of fused-ring (bicyclic) bond motifs is 1. The fraction of sp³-hybridized carbons (Fsp3) is 0.190. The average Bonchev–Trinajstić information content (AvgIpc) is 3.13. The van der Waals surface area contributed by atoms with E-state index in [-0.39, 0.29) is 5.91 Å². The number of aromatic amines is 1. The van der Waals surface area contributed by atoms with Crippen LogP contribution in [0.2, 0.25) is 5.02 Å². The number of amides is 1. The molecule has 2 heterocycles. The Labute approximate surface area is 157 Å². The maximum absolute atomic E-state index is 12.8. The number of halogens is 1. The topological polar surface area (TPSA) is 45.3 Å². The van der Waals surface area contributed by atoms with Crippen molar-refractivity contribution in [3.8, 4) is 5.75 Å². The predicted octanol–water partition coefficient (Wildman–Crippen LogP) is 4.76. The van der Waals surface area contributed by atoms with E-state index in [1.54, 1.807) is 7.11 Å². The summed E-state index contributed by atoms with van der Waals surface area (Å²) in [4.78, 5) is 17.9. The minimum Gasteiger partial charge on any atom is -0.496 e. The largest absolute Gasteiger partial charge is 0.496 e. The highest BCUT2D eigenvalue weighted by atomic mass is 35.5. The van der Waals surface area contributed by atoms with E-state index in [9.17, 15) is 4.79 Å². The van der Waals surface area contributed by atoms with E-state index in [0.29, 0.717) is 24.4 Å². The number of carbonyl (C=O) groups is 1. The molecule has 1 aliphatic heterocycles. The summed E-state index contributed by atoms with van der Waals surface area (Å²) in [6, 6.07) is 13.3. The zero-order valence-electron chi connectivity index (χ0n) is 14.5. The van der Waals surface area contributed by atoms with E-state index in [1.165, 1.54) is 5.57 Å². The Morgan fingerprint density at radius 3 is 2.81 bits per heavy atom. The van der Waals surface area contributed by atoms with Crippen LogP contribution in [0.3, 0.4) is 0 Å². The molecule has 1 N–H and O–H groups in total. The van der Waals surface area contributed by atoms with Crippen LogP contribution in [0.4, 0.5) is 0 Å². The monoisotopic (exact) mass is 366 g/mol. The van der Waals surface area contributed by atoms with Gasteiger partial charge in [-0.2, -0.15) is 0 Å². The number of hydrogen-bond acceptors (Lipinski definition) is 2. The first kappa shape index (κ1) is 16.7. The van der Waals surface area contributed by atoms with Gasteiger partial charge < -0.3 is 14.6 Å². The van der Waals surface area contributed by atoms with E-state index >= 15 is 0 Å². The van der Waals surface area contributed by atoms with Gasteiger partial charge in [-0.25, -0.2) is 0 Å². The van der Waals surface area contributed by atoms with Crippen molar-refractivity contribution in [3.05, 3.63) is 70.9 Å². The fourth-order valence-electron chi connectivity index (χ4n) is 3.47. The van der Waals surface area contributed by atoms with Crippen LogP contribution in [0.5, 0.6) is 5.75 Å². The standard InChI is InChI=1S/C21H19ClN2O2/c1-26-19-8-3-2-5-16(19)21(25)24-11-9-14(10-12-24)17-13-23-20-15(17)6-4-7-18(20)22/h2-9,13,23H,10-12H2,1H3. The number of para-hydroxylation sites is 2. The SMILES string of the molecule is COc1ccccc1C(=O)N1CC=C(c2c[nH]c3c(Cl)cccc23)CC1. The van der Waals surface area contributed by atoms with Gasteiger partial charge in [0, 0.05) is 30.2 Å². The lowest BCUT2D eigenvalue weighted by Crippen LogP contribution is -2.34. The number of nitrogens with one attached hydrogen (secondary N) is 1. The van der Waals surface area contributed by atoms with Gasteiger partial charge in [0.25, 0.3) is 5.91 Å². The van der Waals surface area contributed by atoms with E-state index in [1.807, 2.05) is 47.5 Å². The maximum atomic E-state index is 12.8. The number of nitrogens with zero attached hydrogens (tertiary/aromatic N) is 1. The molecule has 0 bridgehead atoms. The van der Waals surface area contributed by atoms with Gasteiger partial charge in [0.05, 0.1) is 23.2 Å². The third-order valence-corrected chi connectivity index (χ3v) is 5.16. The van der Waals surface area contributed by atoms with E-state index in [2.05, 4.69) is 17.1 Å². The third kappa shape index (κ3) is 2.86. The first-order chi connectivity index (χ1) is 12.7. The lowest BCUT2D eigenvalue weighted by molar-refractivity contribution is 0.0769. The van der Waals surface area contributed by atoms with E-state index in [0.717, 1.165) is 27.9 Å². The first-order valence-corrected chi connectivity index (χ1v) is 8.94. The van der Waals surface area contributed by atoms with Gasteiger partial charge in [-0.05, 0) is 30.2 Å². The quantitative estimate of drug-likeness (QED) is 0.726. The van der Waals surface area contributed by atoms with Gasteiger partial charge in [0.1, 0.15) is 5.75 Å². The number of aromatic nitrogens is 1.